The quantitative estimate of drug-likeness (QED) is 0.888. The molecular formula is C16H23NO2. The maximum Gasteiger partial charge on any atom is 0.305 e. The van der Waals surface area contributed by atoms with Crippen LogP contribution in [-0.4, -0.2) is 24.2 Å². The van der Waals surface area contributed by atoms with Crippen molar-refractivity contribution in [2.24, 2.45) is 0 Å². The van der Waals surface area contributed by atoms with Crippen LogP contribution in [0.25, 0.3) is 0 Å². The molecule has 2 rings (SSSR count). The summed E-state index contributed by atoms with van der Waals surface area (Å²) >= 11 is 0. The van der Waals surface area contributed by atoms with Crippen LogP contribution in [0.3, 0.4) is 0 Å². The van der Waals surface area contributed by atoms with Gasteiger partial charge in [0.2, 0.25) is 0 Å². The first-order valence-corrected chi connectivity index (χ1v) is 6.87. The summed E-state index contributed by atoms with van der Waals surface area (Å²) in [5, 5.41) is 8.96. The highest BCUT2D eigenvalue weighted by molar-refractivity contribution is 5.69. The summed E-state index contributed by atoms with van der Waals surface area (Å²) in [6.07, 6.45) is 2.11. The molecule has 0 saturated heterocycles. The van der Waals surface area contributed by atoms with Gasteiger partial charge in [-0.3, -0.25) is 4.79 Å². The van der Waals surface area contributed by atoms with Crippen LogP contribution in [0.2, 0.25) is 0 Å². The molecule has 1 unspecified atom stereocenters. The minimum absolute atomic E-state index is 0.116. The lowest BCUT2D eigenvalue weighted by Gasteiger charge is -2.36. The highest BCUT2D eigenvalue weighted by atomic mass is 16.4. The predicted octanol–water partition coefficient (Wildman–Crippen LogP) is 3.21. The van der Waals surface area contributed by atoms with Gasteiger partial charge >= 0.3 is 5.97 Å². The van der Waals surface area contributed by atoms with E-state index in [0.29, 0.717) is 0 Å². The van der Waals surface area contributed by atoms with Crippen LogP contribution in [0, 0.1) is 0 Å². The van der Waals surface area contributed by atoms with E-state index in [2.05, 4.69) is 43.9 Å². The van der Waals surface area contributed by atoms with Gasteiger partial charge in [-0.1, -0.05) is 32.9 Å². The van der Waals surface area contributed by atoms with E-state index in [0.717, 1.165) is 12.8 Å². The predicted molar refractivity (Wildman–Crippen MR) is 77.9 cm³/mol. The van der Waals surface area contributed by atoms with Gasteiger partial charge < -0.3 is 10.0 Å². The van der Waals surface area contributed by atoms with Crippen molar-refractivity contribution in [1.29, 1.82) is 0 Å². The van der Waals surface area contributed by atoms with Gasteiger partial charge in [-0.25, -0.2) is 0 Å². The SMILES string of the molecule is CN1c2ccc(C(C)(C)C)cc2CCC1CC(=O)O. The van der Waals surface area contributed by atoms with Gasteiger partial charge in [-0.2, -0.15) is 0 Å². The van der Waals surface area contributed by atoms with E-state index >= 15 is 0 Å². The van der Waals surface area contributed by atoms with E-state index in [4.69, 9.17) is 5.11 Å². The Morgan fingerprint density at radius 2 is 2.11 bits per heavy atom. The van der Waals surface area contributed by atoms with Gasteiger partial charge in [-0.05, 0) is 35.4 Å². The Labute approximate surface area is 115 Å². The average molecular weight is 261 g/mol. The van der Waals surface area contributed by atoms with Crippen LogP contribution in [0.4, 0.5) is 5.69 Å². The smallest absolute Gasteiger partial charge is 0.305 e. The van der Waals surface area contributed by atoms with Crippen LogP contribution in [0.5, 0.6) is 0 Å². The first kappa shape index (κ1) is 13.9. The maximum absolute atomic E-state index is 10.9. The molecule has 0 amide bonds. The van der Waals surface area contributed by atoms with Crippen molar-refractivity contribution in [3.63, 3.8) is 0 Å². The van der Waals surface area contributed by atoms with Crippen LogP contribution >= 0.6 is 0 Å². The van der Waals surface area contributed by atoms with Gasteiger partial charge in [0.1, 0.15) is 0 Å². The third kappa shape index (κ3) is 2.91. The van der Waals surface area contributed by atoms with E-state index in [1.54, 1.807) is 0 Å². The van der Waals surface area contributed by atoms with Gasteiger partial charge in [0, 0.05) is 18.8 Å². The average Bonchev–Trinajstić information content (AvgIpc) is 2.31. The van der Waals surface area contributed by atoms with Crippen molar-refractivity contribution in [1.82, 2.24) is 0 Å². The third-order valence-electron chi connectivity index (χ3n) is 4.03. The first-order chi connectivity index (χ1) is 8.79. The summed E-state index contributed by atoms with van der Waals surface area (Å²) < 4.78 is 0. The molecule has 1 heterocycles. The fourth-order valence-corrected chi connectivity index (χ4v) is 2.75. The molecule has 1 N–H and O–H groups in total. The highest BCUT2D eigenvalue weighted by Gasteiger charge is 2.26. The molecule has 1 aromatic rings. The fraction of sp³-hybridized carbons (Fsp3) is 0.562. The Balaban J connectivity index is 2.28. The number of carboxylic acids is 1. The molecule has 3 heteroatoms. The third-order valence-corrected chi connectivity index (χ3v) is 4.03. The number of hydrogen-bond acceptors (Lipinski definition) is 2. The maximum atomic E-state index is 10.9. The second kappa shape index (κ2) is 4.87. The molecule has 0 aromatic heterocycles. The van der Waals surface area contributed by atoms with E-state index in [-0.39, 0.29) is 17.9 Å². The number of aryl methyl sites for hydroxylation is 1. The van der Waals surface area contributed by atoms with Crippen molar-refractivity contribution < 1.29 is 9.90 Å². The Kier molecular flexibility index (Phi) is 3.57. The molecule has 0 aliphatic carbocycles. The molecule has 0 saturated carbocycles. The lowest BCUT2D eigenvalue weighted by atomic mass is 9.84. The molecule has 19 heavy (non-hydrogen) atoms. The first-order valence-electron chi connectivity index (χ1n) is 6.87. The van der Waals surface area contributed by atoms with Crippen molar-refractivity contribution in [2.75, 3.05) is 11.9 Å². The Hall–Kier alpha value is -1.51. The Morgan fingerprint density at radius 3 is 2.68 bits per heavy atom. The Morgan fingerprint density at radius 1 is 1.42 bits per heavy atom. The summed E-state index contributed by atoms with van der Waals surface area (Å²) in [7, 11) is 2.00. The van der Waals surface area contributed by atoms with Gasteiger partial charge in [0.25, 0.3) is 0 Å². The normalized spacial score (nSPS) is 19.2. The minimum Gasteiger partial charge on any atom is -0.481 e. The van der Waals surface area contributed by atoms with E-state index in [9.17, 15) is 4.79 Å². The summed E-state index contributed by atoms with van der Waals surface area (Å²) in [5.74, 6) is -0.716. The molecule has 0 fully saturated rings. The number of carboxylic acid groups (broad SMARTS) is 1. The second-order valence-corrected chi connectivity index (χ2v) is 6.49. The molecule has 0 radical (unpaired) electrons. The summed E-state index contributed by atoms with van der Waals surface area (Å²) in [4.78, 5) is 13.0. The lowest BCUT2D eigenvalue weighted by Crippen LogP contribution is -2.37. The highest BCUT2D eigenvalue weighted by Crippen LogP contribution is 2.34. The largest absolute Gasteiger partial charge is 0.481 e. The molecule has 3 nitrogen and oxygen atoms in total. The van der Waals surface area contributed by atoms with Gasteiger partial charge in [0.05, 0.1) is 6.42 Å². The number of rotatable bonds is 2. The number of fused-ring (bicyclic) bond motifs is 1. The summed E-state index contributed by atoms with van der Waals surface area (Å²) in [6, 6.07) is 6.70. The number of aliphatic carboxylic acids is 1. The van der Waals surface area contributed by atoms with Crippen molar-refractivity contribution in [3.8, 4) is 0 Å². The summed E-state index contributed by atoms with van der Waals surface area (Å²) in [6.45, 7) is 6.65. The van der Waals surface area contributed by atoms with Crippen molar-refractivity contribution >= 4 is 11.7 Å². The van der Waals surface area contributed by atoms with Crippen molar-refractivity contribution in [3.05, 3.63) is 29.3 Å². The van der Waals surface area contributed by atoms with Crippen LogP contribution in [-0.2, 0) is 16.6 Å². The number of carbonyl (C=O) groups is 1. The Bertz CT molecular complexity index is 488. The fourth-order valence-electron chi connectivity index (χ4n) is 2.75. The van der Waals surface area contributed by atoms with E-state index in [1.165, 1.54) is 16.8 Å². The van der Waals surface area contributed by atoms with Crippen molar-refractivity contribution in [2.45, 2.75) is 51.5 Å². The second-order valence-electron chi connectivity index (χ2n) is 6.49. The molecule has 0 bridgehead atoms. The molecule has 0 spiro atoms. The zero-order valence-electron chi connectivity index (χ0n) is 12.2. The summed E-state index contributed by atoms with van der Waals surface area (Å²) in [5.41, 5.74) is 4.03. The zero-order valence-corrected chi connectivity index (χ0v) is 12.2. The standard InChI is InChI=1S/C16H23NO2/c1-16(2,3)12-6-8-14-11(9-12)5-7-13(17(14)4)10-15(18)19/h6,8-9,13H,5,7,10H2,1-4H3,(H,18,19). The zero-order chi connectivity index (χ0) is 14.2. The van der Waals surface area contributed by atoms with Crippen LogP contribution in [0.1, 0.15) is 44.7 Å². The number of anilines is 1. The number of nitrogens with zero attached hydrogens (tertiary/aromatic N) is 1. The molecule has 1 aliphatic rings. The molecular weight excluding hydrogens is 238 g/mol. The molecule has 1 atom stereocenters. The molecule has 1 aromatic carbocycles. The van der Waals surface area contributed by atoms with E-state index < -0.39 is 5.97 Å². The minimum atomic E-state index is -0.716. The topological polar surface area (TPSA) is 40.5 Å². The lowest BCUT2D eigenvalue weighted by molar-refractivity contribution is -0.137. The molecule has 104 valence electrons. The van der Waals surface area contributed by atoms with Crippen LogP contribution < -0.4 is 4.90 Å². The van der Waals surface area contributed by atoms with Crippen LogP contribution in [0.15, 0.2) is 18.2 Å². The molecule has 1 aliphatic heterocycles. The number of hydrogen-bond donors (Lipinski definition) is 1. The number of benzene rings is 1. The monoisotopic (exact) mass is 261 g/mol. The van der Waals surface area contributed by atoms with Gasteiger partial charge in [-0.15, -0.1) is 0 Å². The van der Waals surface area contributed by atoms with E-state index in [1.807, 2.05) is 7.05 Å². The van der Waals surface area contributed by atoms with Gasteiger partial charge in [0.15, 0.2) is 0 Å².